The number of amides is 2. The Morgan fingerprint density at radius 2 is 2.10 bits per heavy atom. The smallest absolute Gasteiger partial charge is 0.323 e. The number of aliphatic carboxylic acids is 1. The molecule has 0 aromatic heterocycles. The van der Waals surface area contributed by atoms with Gasteiger partial charge in [-0.1, -0.05) is 30.2 Å². The molecule has 0 radical (unpaired) electrons. The molecule has 1 aliphatic carbocycles. The fourth-order valence-electron chi connectivity index (χ4n) is 2.56. The van der Waals surface area contributed by atoms with Crippen molar-refractivity contribution in [3.8, 4) is 12.3 Å². The van der Waals surface area contributed by atoms with Gasteiger partial charge < -0.3 is 15.3 Å². The predicted molar refractivity (Wildman–Crippen MR) is 78.8 cm³/mol. The van der Waals surface area contributed by atoms with Crippen LogP contribution in [0.1, 0.15) is 17.5 Å². The third kappa shape index (κ3) is 3.99. The van der Waals surface area contributed by atoms with Gasteiger partial charge in [0.15, 0.2) is 0 Å². The van der Waals surface area contributed by atoms with Gasteiger partial charge in [-0.15, -0.1) is 6.42 Å². The van der Waals surface area contributed by atoms with Crippen LogP contribution in [0.2, 0.25) is 0 Å². The lowest BCUT2D eigenvalue weighted by Gasteiger charge is -2.28. The van der Waals surface area contributed by atoms with Crippen molar-refractivity contribution in [1.82, 2.24) is 10.2 Å². The summed E-state index contributed by atoms with van der Waals surface area (Å²) in [7, 11) is 0. The molecule has 21 heavy (non-hydrogen) atoms. The van der Waals surface area contributed by atoms with E-state index in [2.05, 4.69) is 23.4 Å². The van der Waals surface area contributed by atoms with Crippen molar-refractivity contribution in [1.29, 1.82) is 0 Å². The Kier molecular flexibility index (Phi) is 4.83. The van der Waals surface area contributed by atoms with Crippen molar-refractivity contribution in [2.75, 3.05) is 13.1 Å². The molecule has 0 saturated heterocycles. The molecule has 5 heteroatoms. The highest BCUT2D eigenvalue weighted by atomic mass is 16.4. The molecule has 1 unspecified atom stereocenters. The van der Waals surface area contributed by atoms with Gasteiger partial charge in [-0.05, 0) is 30.4 Å². The van der Waals surface area contributed by atoms with Crippen LogP contribution in [0.4, 0.5) is 4.79 Å². The van der Waals surface area contributed by atoms with Gasteiger partial charge in [-0.25, -0.2) is 4.79 Å². The average Bonchev–Trinajstić information content (AvgIpc) is 2.46. The summed E-state index contributed by atoms with van der Waals surface area (Å²) >= 11 is 0. The number of fused-ring (bicyclic) bond motifs is 1. The summed E-state index contributed by atoms with van der Waals surface area (Å²) in [6, 6.07) is 7.75. The Morgan fingerprint density at radius 3 is 2.76 bits per heavy atom. The van der Waals surface area contributed by atoms with Crippen molar-refractivity contribution >= 4 is 12.0 Å². The third-order valence-corrected chi connectivity index (χ3v) is 3.57. The van der Waals surface area contributed by atoms with E-state index >= 15 is 0 Å². The minimum Gasteiger partial charge on any atom is -0.480 e. The maximum Gasteiger partial charge on any atom is 0.323 e. The van der Waals surface area contributed by atoms with Crippen molar-refractivity contribution < 1.29 is 14.7 Å². The van der Waals surface area contributed by atoms with E-state index in [1.54, 1.807) is 0 Å². The van der Waals surface area contributed by atoms with Crippen LogP contribution in [0.3, 0.4) is 0 Å². The fraction of sp³-hybridized carbons (Fsp3) is 0.375. The standard InChI is InChI=1S/C16H18N2O3/c1-2-9-18(11-15(19)20)16(21)17-14-8-7-12-5-3-4-6-13(12)10-14/h1,3-6,14H,7-11H2,(H,17,21)(H,19,20). The fourth-order valence-corrected chi connectivity index (χ4v) is 2.56. The number of benzene rings is 1. The van der Waals surface area contributed by atoms with E-state index in [0.717, 1.165) is 24.2 Å². The second-order valence-corrected chi connectivity index (χ2v) is 5.11. The zero-order valence-corrected chi connectivity index (χ0v) is 11.7. The first-order valence-electron chi connectivity index (χ1n) is 6.87. The number of carbonyl (C=O) groups is 2. The Morgan fingerprint density at radius 1 is 1.38 bits per heavy atom. The van der Waals surface area contributed by atoms with Crippen LogP contribution in [-0.4, -0.2) is 41.1 Å². The maximum absolute atomic E-state index is 12.1. The molecular formula is C16H18N2O3. The molecule has 2 N–H and O–H groups in total. The molecule has 2 amide bonds. The zero-order valence-electron chi connectivity index (χ0n) is 11.7. The molecule has 0 fully saturated rings. The maximum atomic E-state index is 12.1. The molecule has 110 valence electrons. The van der Waals surface area contributed by atoms with Crippen LogP contribution in [0.25, 0.3) is 0 Å². The summed E-state index contributed by atoms with van der Waals surface area (Å²) in [6.07, 6.45) is 7.70. The molecular weight excluding hydrogens is 268 g/mol. The molecule has 5 nitrogen and oxygen atoms in total. The number of urea groups is 1. The van der Waals surface area contributed by atoms with E-state index in [9.17, 15) is 9.59 Å². The van der Waals surface area contributed by atoms with Crippen LogP contribution >= 0.6 is 0 Å². The molecule has 1 atom stereocenters. The van der Waals surface area contributed by atoms with Gasteiger partial charge >= 0.3 is 12.0 Å². The van der Waals surface area contributed by atoms with Crippen LogP contribution in [0.15, 0.2) is 24.3 Å². The summed E-state index contributed by atoms with van der Waals surface area (Å²) in [5.74, 6) is 1.23. The summed E-state index contributed by atoms with van der Waals surface area (Å²) < 4.78 is 0. The average molecular weight is 286 g/mol. The minimum atomic E-state index is -1.07. The first-order chi connectivity index (χ1) is 10.1. The largest absolute Gasteiger partial charge is 0.480 e. The van der Waals surface area contributed by atoms with Gasteiger partial charge in [0.05, 0.1) is 6.54 Å². The predicted octanol–water partition coefficient (Wildman–Crippen LogP) is 1.27. The number of carbonyl (C=O) groups excluding carboxylic acids is 1. The molecule has 0 aliphatic heterocycles. The van der Waals surface area contributed by atoms with E-state index < -0.39 is 12.0 Å². The van der Waals surface area contributed by atoms with Crippen LogP contribution in [0.5, 0.6) is 0 Å². The number of aryl methyl sites for hydroxylation is 1. The first-order valence-corrected chi connectivity index (χ1v) is 6.87. The Hall–Kier alpha value is -2.48. The number of hydrogen-bond donors (Lipinski definition) is 2. The van der Waals surface area contributed by atoms with Crippen LogP contribution < -0.4 is 5.32 Å². The zero-order chi connectivity index (χ0) is 15.2. The topological polar surface area (TPSA) is 69.6 Å². The molecule has 1 aromatic rings. The van der Waals surface area contributed by atoms with Gasteiger partial charge in [0.1, 0.15) is 6.54 Å². The monoisotopic (exact) mass is 286 g/mol. The molecule has 2 rings (SSSR count). The highest BCUT2D eigenvalue weighted by Crippen LogP contribution is 2.21. The number of carboxylic acids is 1. The summed E-state index contributed by atoms with van der Waals surface area (Å²) in [4.78, 5) is 24.0. The highest BCUT2D eigenvalue weighted by molar-refractivity contribution is 5.80. The number of carboxylic acid groups (broad SMARTS) is 1. The normalized spacial score (nSPS) is 16.4. The lowest BCUT2D eigenvalue weighted by atomic mass is 9.88. The Labute approximate surface area is 124 Å². The second kappa shape index (κ2) is 6.80. The van der Waals surface area contributed by atoms with Gasteiger partial charge in [0.25, 0.3) is 0 Å². The number of hydrogen-bond acceptors (Lipinski definition) is 2. The molecule has 0 heterocycles. The summed E-state index contributed by atoms with van der Waals surface area (Å²) in [6.45, 7) is -0.402. The first kappa shape index (κ1) is 14.9. The quantitative estimate of drug-likeness (QED) is 0.819. The van der Waals surface area contributed by atoms with E-state index in [1.807, 2.05) is 12.1 Å². The number of rotatable bonds is 4. The Balaban J connectivity index is 1.97. The summed E-state index contributed by atoms with van der Waals surface area (Å²) in [5, 5.41) is 11.7. The second-order valence-electron chi connectivity index (χ2n) is 5.11. The van der Waals surface area contributed by atoms with Gasteiger partial charge in [0.2, 0.25) is 0 Å². The molecule has 1 aliphatic rings. The number of nitrogens with zero attached hydrogens (tertiary/aromatic N) is 1. The van der Waals surface area contributed by atoms with Crippen molar-refractivity contribution in [2.24, 2.45) is 0 Å². The third-order valence-electron chi connectivity index (χ3n) is 3.57. The molecule has 0 saturated carbocycles. The molecule has 1 aromatic carbocycles. The van der Waals surface area contributed by atoms with Gasteiger partial charge in [-0.2, -0.15) is 0 Å². The van der Waals surface area contributed by atoms with Crippen molar-refractivity contribution in [3.05, 3.63) is 35.4 Å². The van der Waals surface area contributed by atoms with Crippen LogP contribution in [-0.2, 0) is 17.6 Å². The van der Waals surface area contributed by atoms with Crippen molar-refractivity contribution in [2.45, 2.75) is 25.3 Å². The van der Waals surface area contributed by atoms with E-state index in [4.69, 9.17) is 11.5 Å². The number of nitrogens with one attached hydrogen (secondary N) is 1. The SMILES string of the molecule is C#CCN(CC(=O)O)C(=O)NC1CCc2ccccc2C1. The van der Waals surface area contributed by atoms with E-state index in [0.29, 0.717) is 0 Å². The lowest BCUT2D eigenvalue weighted by molar-refractivity contribution is -0.137. The van der Waals surface area contributed by atoms with E-state index in [-0.39, 0.29) is 19.1 Å². The van der Waals surface area contributed by atoms with Gasteiger partial charge in [-0.3, -0.25) is 4.79 Å². The highest BCUT2D eigenvalue weighted by Gasteiger charge is 2.23. The summed E-state index contributed by atoms with van der Waals surface area (Å²) in [5.41, 5.74) is 2.55. The Bertz CT molecular complexity index is 577. The van der Waals surface area contributed by atoms with Crippen molar-refractivity contribution in [3.63, 3.8) is 0 Å². The number of terminal acetylenes is 1. The molecule has 0 spiro atoms. The van der Waals surface area contributed by atoms with Crippen LogP contribution in [0, 0.1) is 12.3 Å². The van der Waals surface area contributed by atoms with Gasteiger partial charge in [0, 0.05) is 6.04 Å². The lowest BCUT2D eigenvalue weighted by Crippen LogP contribution is -2.48. The molecule has 0 bridgehead atoms. The minimum absolute atomic E-state index is 0.0125. The van der Waals surface area contributed by atoms with E-state index in [1.165, 1.54) is 11.1 Å².